The molecule has 0 amide bonds. The van der Waals surface area contributed by atoms with Crippen LogP contribution in [0.3, 0.4) is 0 Å². The van der Waals surface area contributed by atoms with E-state index in [0.29, 0.717) is 0 Å². The molecule has 0 saturated carbocycles. The van der Waals surface area contributed by atoms with Crippen LogP contribution in [-0.2, 0) is 12.3 Å². The van der Waals surface area contributed by atoms with Gasteiger partial charge in [0.15, 0.2) is 0 Å². The summed E-state index contributed by atoms with van der Waals surface area (Å²) in [7, 11) is 25.8. The molecule has 108 valence electrons. The van der Waals surface area contributed by atoms with Gasteiger partial charge in [0.05, 0.1) is 0 Å². The molecule has 0 N–H and O–H groups in total. The average Bonchev–Trinajstić information content (AvgIpc) is 1.83. The normalized spacial score (nSPS) is 6.17. The Morgan fingerprint density at radius 3 is 0.889 bits per heavy atom. The maximum atomic E-state index is 5.79. The summed E-state index contributed by atoms with van der Waals surface area (Å²) in [5.41, 5.74) is 0. The zero-order valence-electron chi connectivity index (χ0n) is 9.31. The molecule has 0 spiro atoms. The van der Waals surface area contributed by atoms with Gasteiger partial charge in [-0.15, -0.1) is 0 Å². The molecule has 0 bridgehead atoms. The van der Waals surface area contributed by atoms with E-state index in [1.54, 1.807) is 0 Å². The summed E-state index contributed by atoms with van der Waals surface area (Å²) in [5.74, 6) is 0. The molecule has 0 aromatic carbocycles. The molecule has 0 fully saturated rings. The largest absolute Gasteiger partial charge is 2.00 e. The van der Waals surface area contributed by atoms with Gasteiger partial charge in [0.2, 0.25) is 0 Å². The van der Waals surface area contributed by atoms with E-state index in [4.69, 9.17) is 47.3 Å². The maximum absolute atomic E-state index is 5.79. The molecule has 0 radical (unpaired) electrons. The molecule has 0 heterocycles. The van der Waals surface area contributed by atoms with Crippen LogP contribution in [0.5, 0.6) is 0 Å². The third kappa shape index (κ3) is 101. The molecule has 0 aliphatic carbocycles. The Morgan fingerprint density at radius 1 is 0.778 bits per heavy atom. The molecule has 0 rings (SSSR count). The Bertz CT molecular complexity index is 89.5. The van der Waals surface area contributed by atoms with Crippen molar-refractivity contribution in [3.05, 3.63) is 0 Å². The molecule has 0 aromatic heterocycles. The van der Waals surface area contributed by atoms with Crippen molar-refractivity contribution in [2.45, 2.75) is 31.8 Å². The summed E-state index contributed by atoms with van der Waals surface area (Å²) < 4.78 is 0. The first-order valence-corrected chi connectivity index (χ1v) is 15.2. The van der Waals surface area contributed by atoms with E-state index in [1.807, 2.05) is 0 Å². The van der Waals surface area contributed by atoms with Crippen LogP contribution in [0.4, 0.5) is 0 Å². The molecule has 0 aliphatic rings. The van der Waals surface area contributed by atoms with E-state index < -0.39 is 25.6 Å². The second-order valence-electron chi connectivity index (χ2n) is 1.84. The molecule has 13 heteroatoms. The van der Waals surface area contributed by atoms with E-state index in [9.17, 15) is 0 Å². The summed E-state index contributed by atoms with van der Waals surface area (Å²) in [4.78, 5) is 0. The van der Waals surface area contributed by atoms with E-state index in [2.05, 4.69) is 13.8 Å². The molecule has 0 aromatic rings. The van der Waals surface area contributed by atoms with Gasteiger partial charge in [-0.05, 0) is 0 Å². The van der Waals surface area contributed by atoms with E-state index in [1.165, 1.54) is 10.6 Å². The van der Waals surface area contributed by atoms with Crippen molar-refractivity contribution in [2.24, 2.45) is 0 Å². The van der Waals surface area contributed by atoms with Crippen molar-refractivity contribution in [1.82, 2.24) is 0 Å². The minimum absolute atomic E-state index is 0. The van der Waals surface area contributed by atoms with Crippen LogP contribution in [0.1, 0.15) is 21.3 Å². The summed E-state index contributed by atoms with van der Waals surface area (Å²) in [6.45, 7) is 4.32. The number of hydrogen-bond donors (Lipinski definition) is 0. The number of halogens is 9. The zero-order valence-corrected chi connectivity index (χ0v) is 21.7. The Morgan fingerprint density at radius 2 is 0.889 bits per heavy atom. The first-order chi connectivity index (χ1) is 4.81. The molecule has 0 atom stereocenters. The van der Waals surface area contributed by atoms with Gasteiger partial charge in [0, 0.05) is 0 Å². The van der Waals surface area contributed by atoms with Crippen molar-refractivity contribution in [2.75, 3.05) is 0 Å². The van der Waals surface area contributed by atoms with Crippen LogP contribution in [0.15, 0.2) is 0 Å². The monoisotopic (exact) mass is 512 g/mol. The summed E-state index contributed by atoms with van der Waals surface area (Å²) in [6, 6.07) is 0. The van der Waals surface area contributed by atoms with Crippen LogP contribution in [0, 0.1) is 0 Å². The quantitative estimate of drug-likeness (QED) is 0.320. The molecule has 0 unspecified atom stereocenters. The van der Waals surface area contributed by atoms with Crippen molar-refractivity contribution in [3.8, 4) is 0 Å². The minimum Gasteiger partial charge on any atom is 2.00 e. The second kappa shape index (κ2) is 38.1. The van der Waals surface area contributed by atoms with E-state index >= 15 is 0 Å². The van der Waals surface area contributed by atoms with E-state index in [-0.39, 0.29) is 103 Å². The second-order valence-corrected chi connectivity index (χ2v) is 22.0. The average molecular weight is 517 g/mol. The van der Waals surface area contributed by atoms with Crippen molar-refractivity contribution >= 4 is 107 Å². The third-order valence-corrected chi connectivity index (χ3v) is 4.51. The molecule has 0 saturated heterocycles. The SMILES string of the molecule is C.C[CH2][Al]([Cl])[CH2]C.[Cl-].[Cl-].[Cl-].[Cl-].[Cl][Ti]([Cl])([Cl])[Cl].[Mg+2].[Mg+2]. The summed E-state index contributed by atoms with van der Waals surface area (Å²) >= 11 is -3.80. The fourth-order valence-corrected chi connectivity index (χ4v) is 0.866. The minimum atomic E-state index is -3.11. The summed E-state index contributed by atoms with van der Waals surface area (Å²) in [6.07, 6.45) is 0. The van der Waals surface area contributed by atoms with Gasteiger partial charge in [0.1, 0.15) is 0 Å². The van der Waals surface area contributed by atoms with Gasteiger partial charge < -0.3 is 49.6 Å². The Labute approximate surface area is 196 Å². The fraction of sp³-hybridized carbons (Fsp3) is 1.00. The molecule has 0 nitrogen and oxygen atoms in total. The van der Waals surface area contributed by atoms with Crippen molar-refractivity contribution < 1.29 is 62.0 Å². The fourth-order valence-electron chi connectivity index (χ4n) is 0.289. The van der Waals surface area contributed by atoms with Gasteiger partial charge in [0.25, 0.3) is 0 Å². The van der Waals surface area contributed by atoms with Crippen LogP contribution < -0.4 is 49.6 Å². The maximum Gasteiger partial charge on any atom is 2.00 e. The zero-order chi connectivity index (χ0) is 9.49. The van der Waals surface area contributed by atoms with Crippen molar-refractivity contribution in [3.63, 3.8) is 0 Å². The van der Waals surface area contributed by atoms with Gasteiger partial charge in [-0.2, -0.15) is 0 Å². The molecular weight excluding hydrogens is 503 g/mol. The van der Waals surface area contributed by atoms with Gasteiger partial charge in [-0.1, -0.05) is 31.8 Å². The third-order valence-electron chi connectivity index (χ3n) is 0.886. The van der Waals surface area contributed by atoms with Crippen LogP contribution in [-0.4, -0.2) is 59.3 Å². The van der Waals surface area contributed by atoms with Gasteiger partial charge >= 0.3 is 109 Å². The van der Waals surface area contributed by atoms with Gasteiger partial charge in [-0.25, -0.2) is 0 Å². The smallest absolute Gasteiger partial charge is 2.00 e. The van der Waals surface area contributed by atoms with E-state index in [0.717, 1.165) is 0 Å². The topological polar surface area (TPSA) is 0 Å². The molecular formula is C5H14AlCl9Mg2Ti. The van der Waals surface area contributed by atoms with Crippen LogP contribution in [0.2, 0.25) is 10.6 Å². The van der Waals surface area contributed by atoms with Crippen LogP contribution >= 0.6 is 47.3 Å². The molecule has 18 heavy (non-hydrogen) atoms. The predicted octanol–water partition coefficient (Wildman–Crippen LogP) is -7.10. The number of rotatable bonds is 2. The summed E-state index contributed by atoms with van der Waals surface area (Å²) in [5, 5.41) is 2.47. The first kappa shape index (κ1) is 56.6. The predicted molar refractivity (Wildman–Crippen MR) is 74.2 cm³/mol. The van der Waals surface area contributed by atoms with Crippen molar-refractivity contribution in [1.29, 1.82) is 0 Å². The Balaban J connectivity index is -0.00000000931. The number of hydrogen-bond acceptors (Lipinski definition) is 0. The Hall–Kier alpha value is 5.39. The molecule has 0 aliphatic heterocycles. The van der Waals surface area contributed by atoms with Crippen LogP contribution in [0.25, 0.3) is 0 Å². The Kier molecular flexibility index (Phi) is 120. The first-order valence-electron chi connectivity index (χ1n) is 3.20. The van der Waals surface area contributed by atoms with Gasteiger partial charge in [-0.3, -0.25) is 10.0 Å². The standard InChI is InChI=1S/2C2H5.CH4.Al.9ClH.2Mg.Ti/c2*1-2;;;;;;;;;;;;;;/h2*1H2,2H3;1H4;;9*1H;;;/q;;;+1;;;;;;;;;;2*+2;+4/p-9.